The van der Waals surface area contributed by atoms with Crippen LogP contribution in [0.2, 0.25) is 0 Å². The molecule has 7 nitrogen and oxygen atoms in total. The summed E-state index contributed by atoms with van der Waals surface area (Å²) in [7, 11) is 3.04. The lowest BCUT2D eigenvalue weighted by molar-refractivity contribution is -0.118. The van der Waals surface area contributed by atoms with Crippen molar-refractivity contribution < 1.29 is 23.8 Å². The highest BCUT2D eigenvalue weighted by molar-refractivity contribution is 6.05. The van der Waals surface area contributed by atoms with Crippen molar-refractivity contribution in [2.45, 2.75) is 46.0 Å². The van der Waals surface area contributed by atoms with Gasteiger partial charge in [0.25, 0.3) is 11.8 Å². The van der Waals surface area contributed by atoms with Crippen molar-refractivity contribution in [2.75, 3.05) is 39.2 Å². The van der Waals surface area contributed by atoms with Gasteiger partial charge in [-0.05, 0) is 61.4 Å². The summed E-state index contributed by atoms with van der Waals surface area (Å²) in [4.78, 5) is 27.8. The Kier molecular flexibility index (Phi) is 8.20. The molecule has 178 valence electrons. The van der Waals surface area contributed by atoms with E-state index in [0.717, 1.165) is 24.8 Å². The topological polar surface area (TPSA) is 77.1 Å². The van der Waals surface area contributed by atoms with Gasteiger partial charge in [-0.1, -0.05) is 19.9 Å². The highest BCUT2D eigenvalue weighted by Crippen LogP contribution is 2.34. The first-order valence-corrected chi connectivity index (χ1v) is 11.4. The van der Waals surface area contributed by atoms with Gasteiger partial charge in [0.2, 0.25) is 0 Å². The molecule has 2 aromatic carbocycles. The van der Waals surface area contributed by atoms with E-state index >= 15 is 0 Å². The van der Waals surface area contributed by atoms with Gasteiger partial charge < -0.3 is 24.4 Å². The molecule has 1 heterocycles. The number of hydrogen-bond donors (Lipinski definition) is 1. The molecule has 1 N–H and O–H groups in total. The van der Waals surface area contributed by atoms with Crippen molar-refractivity contribution in [3.63, 3.8) is 0 Å². The van der Waals surface area contributed by atoms with Crippen LogP contribution in [0.4, 0.5) is 5.69 Å². The van der Waals surface area contributed by atoms with Gasteiger partial charge in [-0.2, -0.15) is 0 Å². The van der Waals surface area contributed by atoms with Gasteiger partial charge in [-0.3, -0.25) is 9.59 Å². The SMILES string of the molecule is COc1cc(NC(=O)COc2ccc(C(C)C)c(C)c2)c(C(=O)N2CCCCC2)cc1OC. The quantitative estimate of drug-likeness (QED) is 0.621. The van der Waals surface area contributed by atoms with Crippen LogP contribution >= 0.6 is 0 Å². The Morgan fingerprint density at radius 1 is 1.00 bits per heavy atom. The van der Waals surface area contributed by atoms with Gasteiger partial charge in [-0.15, -0.1) is 0 Å². The van der Waals surface area contributed by atoms with E-state index in [-0.39, 0.29) is 18.4 Å². The van der Waals surface area contributed by atoms with Crippen LogP contribution in [0.1, 0.15) is 60.5 Å². The van der Waals surface area contributed by atoms with Crippen molar-refractivity contribution in [2.24, 2.45) is 0 Å². The number of hydrogen-bond acceptors (Lipinski definition) is 5. The zero-order valence-electron chi connectivity index (χ0n) is 20.2. The molecular weight excluding hydrogens is 420 g/mol. The van der Waals surface area contributed by atoms with E-state index in [1.807, 2.05) is 30.0 Å². The fourth-order valence-corrected chi connectivity index (χ4v) is 4.15. The molecule has 1 fully saturated rings. The molecule has 0 atom stereocenters. The molecule has 1 saturated heterocycles. The van der Waals surface area contributed by atoms with Gasteiger partial charge in [0.05, 0.1) is 25.5 Å². The van der Waals surface area contributed by atoms with Crippen LogP contribution in [0, 0.1) is 6.92 Å². The summed E-state index contributed by atoms with van der Waals surface area (Å²) >= 11 is 0. The van der Waals surface area contributed by atoms with Crippen LogP contribution in [-0.2, 0) is 4.79 Å². The lowest BCUT2D eigenvalue weighted by Crippen LogP contribution is -2.36. The maximum Gasteiger partial charge on any atom is 0.262 e. The fourth-order valence-electron chi connectivity index (χ4n) is 4.15. The van der Waals surface area contributed by atoms with Crippen molar-refractivity contribution in [3.05, 3.63) is 47.0 Å². The monoisotopic (exact) mass is 454 g/mol. The Labute approximate surface area is 196 Å². The molecule has 0 bridgehead atoms. The van der Waals surface area contributed by atoms with Crippen LogP contribution in [0.15, 0.2) is 30.3 Å². The number of rotatable bonds is 8. The third kappa shape index (κ3) is 5.97. The molecule has 7 heteroatoms. The molecule has 1 aliphatic heterocycles. The number of carbonyl (C=O) groups excluding carboxylic acids is 2. The van der Waals surface area contributed by atoms with Crippen molar-refractivity contribution >= 4 is 17.5 Å². The molecule has 0 spiro atoms. The number of nitrogens with one attached hydrogen (secondary N) is 1. The summed E-state index contributed by atoms with van der Waals surface area (Å²) in [6, 6.07) is 9.08. The van der Waals surface area contributed by atoms with Crippen LogP contribution in [0.5, 0.6) is 17.2 Å². The lowest BCUT2D eigenvalue weighted by Gasteiger charge is -2.28. The number of anilines is 1. The number of likely N-dealkylation sites (tertiary alicyclic amines) is 1. The first kappa shape index (κ1) is 24.4. The van der Waals surface area contributed by atoms with Crippen LogP contribution < -0.4 is 19.5 Å². The number of amides is 2. The van der Waals surface area contributed by atoms with E-state index in [1.54, 1.807) is 12.1 Å². The number of piperidine rings is 1. The average molecular weight is 455 g/mol. The van der Waals surface area contributed by atoms with E-state index in [0.29, 0.717) is 47.5 Å². The standard InChI is InChI=1S/C26H34N2O5/c1-17(2)20-10-9-19(13-18(20)3)33-16-25(29)27-22-15-24(32-5)23(31-4)14-21(22)26(30)28-11-7-6-8-12-28/h9-10,13-15,17H,6-8,11-12,16H2,1-5H3,(H,27,29). The third-order valence-electron chi connectivity index (χ3n) is 5.90. The molecule has 3 rings (SSSR count). The minimum Gasteiger partial charge on any atom is -0.493 e. The zero-order valence-corrected chi connectivity index (χ0v) is 20.2. The molecule has 33 heavy (non-hydrogen) atoms. The van der Waals surface area contributed by atoms with E-state index in [1.165, 1.54) is 19.8 Å². The smallest absolute Gasteiger partial charge is 0.262 e. The van der Waals surface area contributed by atoms with Crippen LogP contribution in [0.3, 0.4) is 0 Å². The van der Waals surface area contributed by atoms with Gasteiger partial charge in [0, 0.05) is 19.2 Å². The molecule has 0 aromatic heterocycles. The first-order valence-electron chi connectivity index (χ1n) is 11.4. The van der Waals surface area contributed by atoms with Gasteiger partial charge in [0.1, 0.15) is 5.75 Å². The Balaban J connectivity index is 1.77. The maximum absolute atomic E-state index is 13.2. The number of carbonyl (C=O) groups is 2. The predicted molar refractivity (Wildman–Crippen MR) is 129 cm³/mol. The molecule has 0 unspecified atom stereocenters. The van der Waals surface area contributed by atoms with Crippen molar-refractivity contribution in [3.8, 4) is 17.2 Å². The second kappa shape index (κ2) is 11.1. The van der Waals surface area contributed by atoms with Crippen LogP contribution in [0.25, 0.3) is 0 Å². The lowest BCUT2D eigenvalue weighted by atomic mass is 9.98. The van der Waals surface area contributed by atoms with E-state index in [4.69, 9.17) is 14.2 Å². The summed E-state index contributed by atoms with van der Waals surface area (Å²) < 4.78 is 16.5. The largest absolute Gasteiger partial charge is 0.493 e. The summed E-state index contributed by atoms with van der Waals surface area (Å²) in [5, 5.41) is 2.82. The number of nitrogens with zero attached hydrogens (tertiary/aromatic N) is 1. The highest BCUT2D eigenvalue weighted by Gasteiger charge is 2.24. The summed E-state index contributed by atoms with van der Waals surface area (Å²) in [5.74, 6) is 1.43. The van der Waals surface area contributed by atoms with E-state index in [9.17, 15) is 9.59 Å². The Morgan fingerprint density at radius 3 is 2.27 bits per heavy atom. The minimum absolute atomic E-state index is 0.133. The fraction of sp³-hybridized carbons (Fsp3) is 0.462. The molecule has 1 aliphatic rings. The third-order valence-corrected chi connectivity index (χ3v) is 5.90. The van der Waals surface area contributed by atoms with Crippen LogP contribution in [-0.4, -0.2) is 50.6 Å². The number of ether oxygens (including phenoxy) is 3. The van der Waals surface area contributed by atoms with Crippen molar-refractivity contribution in [1.82, 2.24) is 4.90 Å². The molecule has 0 saturated carbocycles. The number of benzene rings is 2. The summed E-state index contributed by atoms with van der Waals surface area (Å²) in [6.45, 7) is 7.55. The minimum atomic E-state index is -0.361. The van der Waals surface area contributed by atoms with Gasteiger partial charge in [0.15, 0.2) is 18.1 Å². The molecule has 0 aliphatic carbocycles. The Hall–Kier alpha value is -3.22. The Bertz CT molecular complexity index is 996. The number of aryl methyl sites for hydroxylation is 1. The first-order chi connectivity index (χ1) is 15.8. The molecule has 2 amide bonds. The summed E-state index contributed by atoms with van der Waals surface area (Å²) in [5.41, 5.74) is 3.12. The van der Waals surface area contributed by atoms with E-state index in [2.05, 4.69) is 19.2 Å². The number of methoxy groups -OCH3 is 2. The second-order valence-corrected chi connectivity index (χ2v) is 8.62. The maximum atomic E-state index is 13.2. The zero-order chi connectivity index (χ0) is 24.0. The Morgan fingerprint density at radius 2 is 1.67 bits per heavy atom. The molecule has 2 aromatic rings. The highest BCUT2D eigenvalue weighted by atomic mass is 16.5. The van der Waals surface area contributed by atoms with Crippen molar-refractivity contribution in [1.29, 1.82) is 0 Å². The normalized spacial score (nSPS) is 13.6. The summed E-state index contributed by atoms with van der Waals surface area (Å²) in [6.07, 6.45) is 3.07. The average Bonchev–Trinajstić information content (AvgIpc) is 2.82. The van der Waals surface area contributed by atoms with Gasteiger partial charge >= 0.3 is 0 Å². The molecular formula is C26H34N2O5. The predicted octanol–water partition coefficient (Wildman–Crippen LogP) is 4.78. The van der Waals surface area contributed by atoms with E-state index < -0.39 is 0 Å². The second-order valence-electron chi connectivity index (χ2n) is 8.62. The van der Waals surface area contributed by atoms with Gasteiger partial charge in [-0.25, -0.2) is 0 Å². The molecule has 0 radical (unpaired) electrons.